The normalized spacial score (nSPS) is 11.8. The van der Waals surface area contributed by atoms with Crippen LogP contribution in [0.1, 0.15) is 30.8 Å². The van der Waals surface area contributed by atoms with Crippen molar-refractivity contribution in [3.05, 3.63) is 72.0 Å². The quantitative estimate of drug-likeness (QED) is 0.249. The molecule has 0 aliphatic carbocycles. The molecule has 0 bridgehead atoms. The summed E-state index contributed by atoms with van der Waals surface area (Å²) < 4.78 is 20.9. The Balaban J connectivity index is 1.45. The minimum Gasteiger partial charge on any atom is -0.472 e. The summed E-state index contributed by atoms with van der Waals surface area (Å²) in [5.41, 5.74) is 8.43. The van der Waals surface area contributed by atoms with E-state index in [1.165, 1.54) is 23.5 Å². The van der Waals surface area contributed by atoms with Crippen LogP contribution in [0.15, 0.2) is 64.9 Å². The highest BCUT2D eigenvalue weighted by molar-refractivity contribution is 7.13. The van der Waals surface area contributed by atoms with Crippen LogP contribution in [-0.2, 0) is 6.54 Å². The van der Waals surface area contributed by atoms with Crippen LogP contribution in [0.2, 0.25) is 0 Å². The van der Waals surface area contributed by atoms with E-state index in [0.29, 0.717) is 29.2 Å². The summed E-state index contributed by atoms with van der Waals surface area (Å²) in [6, 6.07) is 9.99. The van der Waals surface area contributed by atoms with Gasteiger partial charge in [-0.05, 0) is 56.7 Å². The number of anilines is 2. The number of benzene rings is 2. The summed E-state index contributed by atoms with van der Waals surface area (Å²) in [5.74, 6) is -0.929. The number of aryl methyl sites for hydroxylation is 1. The Bertz CT molecular complexity index is 1550. The van der Waals surface area contributed by atoms with Crippen molar-refractivity contribution in [1.29, 1.82) is 0 Å². The molecule has 5 rings (SSSR count). The van der Waals surface area contributed by atoms with E-state index in [-0.39, 0.29) is 11.4 Å². The first kappa shape index (κ1) is 23.7. The van der Waals surface area contributed by atoms with E-state index in [2.05, 4.69) is 15.4 Å². The van der Waals surface area contributed by atoms with Gasteiger partial charge in [0.2, 0.25) is 0 Å². The molecule has 0 fully saturated rings. The van der Waals surface area contributed by atoms with Crippen molar-refractivity contribution in [2.45, 2.75) is 32.4 Å². The van der Waals surface area contributed by atoms with Crippen LogP contribution in [0.25, 0.3) is 32.6 Å². The van der Waals surface area contributed by atoms with Gasteiger partial charge in [0, 0.05) is 45.9 Å². The molecule has 8 nitrogen and oxygen atoms in total. The zero-order valence-corrected chi connectivity index (χ0v) is 20.5. The Morgan fingerprint density at radius 3 is 2.81 bits per heavy atom. The number of nitrogens with zero attached hydrogens (tertiary/aromatic N) is 3. The van der Waals surface area contributed by atoms with Crippen LogP contribution in [0.5, 0.6) is 0 Å². The van der Waals surface area contributed by atoms with Crippen molar-refractivity contribution >= 4 is 39.5 Å². The van der Waals surface area contributed by atoms with Crippen LogP contribution in [-0.4, -0.2) is 31.4 Å². The van der Waals surface area contributed by atoms with Crippen LogP contribution >= 0.6 is 11.3 Å². The molecule has 0 saturated carbocycles. The average Bonchev–Trinajstić information content (AvgIpc) is 3.58. The number of thiazole rings is 1. The van der Waals surface area contributed by atoms with E-state index in [4.69, 9.17) is 10.2 Å². The van der Waals surface area contributed by atoms with Crippen molar-refractivity contribution in [2.75, 3.05) is 11.1 Å². The topological polar surface area (TPSA) is 119 Å². The molecule has 184 valence electrons. The van der Waals surface area contributed by atoms with Gasteiger partial charge in [-0.2, -0.15) is 5.10 Å². The van der Waals surface area contributed by atoms with Crippen molar-refractivity contribution in [2.24, 2.45) is 0 Å². The van der Waals surface area contributed by atoms with E-state index in [1.54, 1.807) is 48.6 Å². The molecule has 4 N–H and O–H groups in total. The third-order valence-corrected chi connectivity index (χ3v) is 6.60. The molecule has 36 heavy (non-hydrogen) atoms. The molecule has 3 aromatic heterocycles. The van der Waals surface area contributed by atoms with Crippen LogP contribution in [0, 0.1) is 5.82 Å². The number of carbonyl (C=O) groups is 1. The number of furan rings is 1. The first-order valence-corrected chi connectivity index (χ1v) is 12.1. The van der Waals surface area contributed by atoms with Gasteiger partial charge in [-0.3, -0.25) is 9.48 Å². The first-order valence-electron chi connectivity index (χ1n) is 11.2. The second-order valence-corrected chi connectivity index (χ2v) is 10.0. The zero-order chi connectivity index (χ0) is 25.4. The van der Waals surface area contributed by atoms with Gasteiger partial charge < -0.3 is 20.6 Å². The molecule has 3 heterocycles. The lowest BCUT2D eigenvalue weighted by Crippen LogP contribution is -2.21. The number of aromatic nitrogens is 3. The predicted octanol–water partition coefficient (Wildman–Crippen LogP) is 5.55. The number of nitrogens with two attached hydrogens (primary N) is 1. The monoisotopic (exact) mass is 505 g/mol. The molecular weight excluding hydrogens is 481 g/mol. The maximum atomic E-state index is 13.9. The fourth-order valence-electron chi connectivity index (χ4n) is 3.74. The van der Waals surface area contributed by atoms with Crippen molar-refractivity contribution in [3.8, 4) is 21.7 Å². The summed E-state index contributed by atoms with van der Waals surface area (Å²) in [6.45, 7) is 4.07. The number of nitrogens with one attached hydrogen (secondary N) is 1. The Morgan fingerprint density at radius 1 is 1.25 bits per heavy atom. The fourth-order valence-corrected chi connectivity index (χ4v) is 4.54. The first-order chi connectivity index (χ1) is 17.2. The molecule has 0 unspecified atom stereocenters. The van der Waals surface area contributed by atoms with Crippen molar-refractivity contribution < 1.29 is 18.7 Å². The van der Waals surface area contributed by atoms with Gasteiger partial charge in [-0.1, -0.05) is 0 Å². The molecule has 0 saturated heterocycles. The highest BCUT2D eigenvalue weighted by Crippen LogP contribution is 2.33. The standard InChI is InChI=1S/C26H24FN5O3S/c1-26(2,34)6-7-32-12-17-10-22(18(11-21(17)31-32)16-5-8-35-13-16)29-24(33)23-14-36-25(30-23)15-3-4-20(28)19(27)9-15/h3-5,8-14,34H,6-7,28H2,1-2H3,(H,29,33). The van der Waals surface area contributed by atoms with E-state index in [1.807, 2.05) is 18.3 Å². The largest absolute Gasteiger partial charge is 0.472 e. The fraction of sp³-hybridized carbons (Fsp3) is 0.192. The second kappa shape index (κ2) is 9.21. The lowest BCUT2D eigenvalue weighted by molar-refractivity contribution is 0.0651. The van der Waals surface area contributed by atoms with Crippen LogP contribution in [0.3, 0.4) is 0 Å². The van der Waals surface area contributed by atoms with E-state index < -0.39 is 17.3 Å². The lowest BCUT2D eigenvalue weighted by Gasteiger charge is -2.16. The van der Waals surface area contributed by atoms with Crippen LogP contribution in [0.4, 0.5) is 15.8 Å². The molecule has 0 aliphatic rings. The average molecular weight is 506 g/mol. The Hall–Kier alpha value is -4.02. The van der Waals surface area contributed by atoms with E-state index in [9.17, 15) is 14.3 Å². The van der Waals surface area contributed by atoms with Crippen molar-refractivity contribution in [1.82, 2.24) is 14.8 Å². The molecular formula is C26H24FN5O3S. The van der Waals surface area contributed by atoms with Gasteiger partial charge in [-0.25, -0.2) is 9.37 Å². The number of hydrogen-bond acceptors (Lipinski definition) is 7. The lowest BCUT2D eigenvalue weighted by atomic mass is 10.0. The highest BCUT2D eigenvalue weighted by Gasteiger charge is 2.18. The third kappa shape index (κ3) is 5.00. The summed E-state index contributed by atoms with van der Waals surface area (Å²) >= 11 is 1.24. The summed E-state index contributed by atoms with van der Waals surface area (Å²) in [5, 5.41) is 20.6. The van der Waals surface area contributed by atoms with Gasteiger partial charge in [0.15, 0.2) is 0 Å². The third-order valence-electron chi connectivity index (χ3n) is 5.71. The number of halogens is 1. The minimum atomic E-state index is -0.802. The van der Waals surface area contributed by atoms with Gasteiger partial charge in [0.05, 0.1) is 29.3 Å². The molecule has 5 aromatic rings. The zero-order valence-electron chi connectivity index (χ0n) is 19.7. The summed E-state index contributed by atoms with van der Waals surface area (Å²) in [6.07, 6.45) is 5.58. The molecule has 0 spiro atoms. The van der Waals surface area contributed by atoms with Crippen LogP contribution < -0.4 is 11.1 Å². The number of nitrogen functional groups attached to an aromatic ring is 1. The van der Waals surface area contributed by atoms with E-state index in [0.717, 1.165) is 22.0 Å². The summed E-state index contributed by atoms with van der Waals surface area (Å²) in [4.78, 5) is 17.5. The Morgan fingerprint density at radius 2 is 2.08 bits per heavy atom. The van der Waals surface area contributed by atoms with Gasteiger partial charge in [0.25, 0.3) is 5.91 Å². The smallest absolute Gasteiger partial charge is 0.275 e. The molecule has 2 aromatic carbocycles. The van der Waals surface area contributed by atoms with Gasteiger partial charge in [0.1, 0.15) is 16.5 Å². The molecule has 0 aliphatic heterocycles. The Kier molecular flexibility index (Phi) is 6.07. The maximum absolute atomic E-state index is 13.9. The highest BCUT2D eigenvalue weighted by atomic mass is 32.1. The predicted molar refractivity (Wildman–Crippen MR) is 138 cm³/mol. The second-order valence-electron chi connectivity index (χ2n) is 9.15. The number of hydrogen-bond donors (Lipinski definition) is 3. The number of rotatable bonds is 7. The molecule has 1 amide bonds. The SMILES string of the molecule is CC(C)(O)CCn1cc2cc(NC(=O)c3csc(-c4ccc(N)c(F)c4)n3)c(-c3ccoc3)cc2n1. The molecule has 0 atom stereocenters. The summed E-state index contributed by atoms with van der Waals surface area (Å²) in [7, 11) is 0. The minimum absolute atomic E-state index is 0.0545. The number of aliphatic hydroxyl groups is 1. The molecule has 10 heteroatoms. The number of fused-ring (bicyclic) bond motifs is 1. The number of carbonyl (C=O) groups excluding carboxylic acids is 1. The van der Waals surface area contributed by atoms with Gasteiger partial charge >= 0.3 is 0 Å². The number of amides is 1. The maximum Gasteiger partial charge on any atom is 0.275 e. The van der Waals surface area contributed by atoms with Crippen molar-refractivity contribution in [3.63, 3.8) is 0 Å². The van der Waals surface area contributed by atoms with Gasteiger partial charge in [-0.15, -0.1) is 11.3 Å². The Labute approximate surface area is 210 Å². The molecule has 0 radical (unpaired) electrons. The van der Waals surface area contributed by atoms with E-state index >= 15 is 0 Å².